The van der Waals surface area contributed by atoms with Gasteiger partial charge in [-0.3, -0.25) is 4.79 Å². The normalized spacial score (nSPS) is 11.2. The molecule has 0 bridgehead atoms. The number of hydrogen-bond donors (Lipinski definition) is 2. The Labute approximate surface area is 215 Å². The van der Waals surface area contributed by atoms with Crippen molar-refractivity contribution in [3.05, 3.63) is 93.6 Å². The molecule has 3 aromatic heterocycles. The number of nitrogens with one attached hydrogen (secondary N) is 1. The molecule has 0 aliphatic heterocycles. The maximum Gasteiger partial charge on any atom is 0.219 e. The molecule has 0 fully saturated rings. The van der Waals surface area contributed by atoms with E-state index in [4.69, 9.17) is 10.5 Å². The van der Waals surface area contributed by atoms with Crippen LogP contribution >= 0.6 is 15.9 Å². The fourth-order valence-electron chi connectivity index (χ4n) is 4.10. The number of carbonyl (C=O) groups is 1. The molecule has 0 saturated heterocycles. The summed E-state index contributed by atoms with van der Waals surface area (Å²) in [7, 11) is 0. The highest BCUT2D eigenvalue weighted by Gasteiger charge is 2.21. The molecule has 182 valence electrons. The van der Waals surface area contributed by atoms with Gasteiger partial charge in [-0.2, -0.15) is 5.10 Å². The van der Waals surface area contributed by atoms with Gasteiger partial charge < -0.3 is 15.5 Å². The minimum atomic E-state index is -0.480. The average molecular weight is 548 g/mol. The number of ketones is 1. The molecule has 5 rings (SSSR count). The molecule has 0 saturated carbocycles. The predicted octanol–water partition coefficient (Wildman–Crippen LogP) is 6.52. The van der Waals surface area contributed by atoms with Crippen molar-refractivity contribution in [2.24, 2.45) is 0 Å². The Morgan fingerprint density at radius 3 is 2.75 bits per heavy atom. The number of ether oxygens (including phenoxy) is 1. The molecule has 0 aliphatic carbocycles. The largest absolute Gasteiger partial charge is 0.436 e. The molecule has 3 heterocycles. The first-order chi connectivity index (χ1) is 17.4. The number of aryl methyl sites for hydroxylation is 2. The number of aromatic nitrogens is 4. The Morgan fingerprint density at radius 1 is 1.19 bits per heavy atom. The van der Waals surface area contributed by atoms with Crippen LogP contribution in [0.3, 0.4) is 0 Å². The average Bonchev–Trinajstić information content (AvgIpc) is 3.44. The number of carbonyl (C=O) groups excluding carboxylic acids is 1. The van der Waals surface area contributed by atoms with Crippen molar-refractivity contribution in [2.45, 2.75) is 26.7 Å². The first-order valence-electron chi connectivity index (χ1n) is 11.4. The number of rotatable bonds is 7. The molecule has 0 atom stereocenters. The van der Waals surface area contributed by atoms with Crippen molar-refractivity contribution >= 4 is 38.4 Å². The Balaban J connectivity index is 1.43. The summed E-state index contributed by atoms with van der Waals surface area (Å²) in [5.41, 5.74) is 10.4. The van der Waals surface area contributed by atoms with E-state index in [9.17, 15) is 9.18 Å². The van der Waals surface area contributed by atoms with Crippen molar-refractivity contribution in [3.8, 4) is 17.3 Å². The van der Waals surface area contributed by atoms with E-state index in [1.807, 2.05) is 19.1 Å². The smallest absolute Gasteiger partial charge is 0.219 e. The third-order valence-electron chi connectivity index (χ3n) is 5.94. The number of fused-ring (bicyclic) bond motifs is 1. The second-order valence-corrected chi connectivity index (χ2v) is 9.34. The maximum atomic E-state index is 13.9. The van der Waals surface area contributed by atoms with Crippen LogP contribution in [-0.2, 0) is 6.42 Å². The summed E-state index contributed by atoms with van der Waals surface area (Å²) in [4.78, 5) is 20.8. The minimum Gasteiger partial charge on any atom is -0.436 e. The molecule has 0 amide bonds. The van der Waals surface area contributed by atoms with Gasteiger partial charge in [0, 0.05) is 21.4 Å². The molecule has 2 aromatic carbocycles. The van der Waals surface area contributed by atoms with Crippen molar-refractivity contribution in [2.75, 3.05) is 5.73 Å². The van der Waals surface area contributed by atoms with Gasteiger partial charge in [0.1, 0.15) is 5.82 Å². The number of para-hydroxylation sites is 1. The summed E-state index contributed by atoms with van der Waals surface area (Å²) in [6, 6.07) is 13.7. The third-order valence-corrected chi connectivity index (χ3v) is 6.68. The van der Waals surface area contributed by atoms with Gasteiger partial charge >= 0.3 is 0 Å². The van der Waals surface area contributed by atoms with Crippen LogP contribution in [0.15, 0.2) is 65.4 Å². The monoisotopic (exact) mass is 547 g/mol. The van der Waals surface area contributed by atoms with Crippen LogP contribution in [0.4, 0.5) is 10.2 Å². The highest BCUT2D eigenvalue weighted by Crippen LogP contribution is 2.29. The molecule has 7 nitrogen and oxygen atoms in total. The number of H-pyrrole nitrogens is 1. The molecular weight excluding hydrogens is 525 g/mol. The number of nitrogens with two attached hydrogens (primary N) is 1. The van der Waals surface area contributed by atoms with Gasteiger partial charge in [-0.05, 0) is 54.8 Å². The van der Waals surface area contributed by atoms with Gasteiger partial charge in [-0.1, -0.05) is 41.4 Å². The summed E-state index contributed by atoms with van der Waals surface area (Å²) in [5, 5.41) is 5.30. The zero-order valence-electron chi connectivity index (χ0n) is 19.7. The fraction of sp³-hybridized carbons (Fsp3) is 0.148. The Bertz CT molecular complexity index is 1610. The maximum absolute atomic E-state index is 13.9. The summed E-state index contributed by atoms with van der Waals surface area (Å²) >= 11 is 3.61. The van der Waals surface area contributed by atoms with Crippen LogP contribution in [0, 0.1) is 12.7 Å². The summed E-state index contributed by atoms with van der Waals surface area (Å²) in [6.07, 6.45) is 4.95. The lowest BCUT2D eigenvalue weighted by atomic mass is 10.1. The van der Waals surface area contributed by atoms with E-state index >= 15 is 0 Å². The molecule has 36 heavy (non-hydrogen) atoms. The molecular formula is C27H23BrFN5O2. The minimum absolute atomic E-state index is 0.0795. The highest BCUT2D eigenvalue weighted by molar-refractivity contribution is 9.10. The number of nitrogens with zero attached hydrogens (tertiary/aromatic N) is 3. The molecule has 5 aromatic rings. The Morgan fingerprint density at radius 2 is 2.00 bits per heavy atom. The third kappa shape index (κ3) is 4.37. The van der Waals surface area contributed by atoms with E-state index in [0.29, 0.717) is 11.4 Å². The van der Waals surface area contributed by atoms with Crippen LogP contribution in [0.5, 0.6) is 11.6 Å². The zero-order valence-corrected chi connectivity index (χ0v) is 21.3. The number of anilines is 1. The molecule has 0 spiro atoms. The standard InChI is InChI=1S/C27H23BrFN5O2/c1-3-6-16-10-17-11-22(33-21(17)12-19(16)28)26(35)18-13-32-34(27(18)30)23-14-31-25(9-15(23)2)36-24-8-5-4-7-20(24)29/h4-5,7-14,33H,3,6,30H2,1-2H3. The molecule has 3 N–H and O–H groups in total. The van der Waals surface area contributed by atoms with Crippen LogP contribution in [0.2, 0.25) is 0 Å². The SMILES string of the molecule is CCCc1cc2cc(C(=O)c3cnn(-c4cnc(Oc5ccccc5F)cc4C)c3N)[nH]c2cc1Br. The number of nitrogen functional groups attached to an aromatic ring is 1. The van der Waals surface area contributed by atoms with E-state index in [2.05, 4.69) is 44.0 Å². The fourth-order valence-corrected chi connectivity index (χ4v) is 4.64. The first kappa shape index (κ1) is 23.7. The number of aromatic amines is 1. The molecule has 0 radical (unpaired) electrons. The van der Waals surface area contributed by atoms with Gasteiger partial charge in [-0.25, -0.2) is 14.1 Å². The summed E-state index contributed by atoms with van der Waals surface area (Å²) < 4.78 is 21.9. The van der Waals surface area contributed by atoms with E-state index in [1.165, 1.54) is 34.8 Å². The second-order valence-electron chi connectivity index (χ2n) is 8.49. The molecule has 0 aliphatic rings. The van der Waals surface area contributed by atoms with Crippen molar-refractivity contribution < 1.29 is 13.9 Å². The van der Waals surface area contributed by atoms with Gasteiger partial charge in [0.2, 0.25) is 11.7 Å². The summed E-state index contributed by atoms with van der Waals surface area (Å²) in [5.74, 6) is -0.232. The number of benzene rings is 2. The summed E-state index contributed by atoms with van der Waals surface area (Å²) in [6.45, 7) is 3.96. The lowest BCUT2D eigenvalue weighted by Gasteiger charge is -2.11. The molecule has 9 heteroatoms. The van der Waals surface area contributed by atoms with Crippen LogP contribution in [-0.4, -0.2) is 25.5 Å². The Kier molecular flexibility index (Phi) is 6.32. The van der Waals surface area contributed by atoms with Crippen LogP contribution in [0.25, 0.3) is 16.6 Å². The Hall–Kier alpha value is -3.98. The topological polar surface area (TPSA) is 98.8 Å². The first-order valence-corrected chi connectivity index (χ1v) is 12.2. The number of halogens is 2. The van der Waals surface area contributed by atoms with Gasteiger partial charge in [0.15, 0.2) is 11.6 Å². The lowest BCUT2D eigenvalue weighted by molar-refractivity contribution is 0.103. The van der Waals surface area contributed by atoms with Gasteiger partial charge in [-0.15, -0.1) is 0 Å². The van der Waals surface area contributed by atoms with E-state index in [0.717, 1.165) is 33.8 Å². The van der Waals surface area contributed by atoms with E-state index < -0.39 is 5.82 Å². The van der Waals surface area contributed by atoms with Gasteiger partial charge in [0.25, 0.3) is 0 Å². The second kappa shape index (κ2) is 9.58. The molecule has 0 unspecified atom stereocenters. The van der Waals surface area contributed by atoms with E-state index in [1.54, 1.807) is 18.2 Å². The van der Waals surface area contributed by atoms with E-state index in [-0.39, 0.29) is 28.8 Å². The van der Waals surface area contributed by atoms with Crippen LogP contribution in [0.1, 0.15) is 40.5 Å². The number of hydrogen-bond acceptors (Lipinski definition) is 5. The zero-order chi connectivity index (χ0) is 25.4. The van der Waals surface area contributed by atoms with Gasteiger partial charge in [0.05, 0.1) is 29.3 Å². The quantitative estimate of drug-likeness (QED) is 0.226. The van der Waals surface area contributed by atoms with Crippen molar-refractivity contribution in [1.29, 1.82) is 0 Å². The lowest BCUT2D eigenvalue weighted by Crippen LogP contribution is -2.09. The number of pyridine rings is 1. The highest BCUT2D eigenvalue weighted by atomic mass is 79.9. The van der Waals surface area contributed by atoms with Crippen molar-refractivity contribution in [1.82, 2.24) is 19.7 Å². The predicted molar refractivity (Wildman–Crippen MR) is 140 cm³/mol. The van der Waals surface area contributed by atoms with Crippen molar-refractivity contribution in [3.63, 3.8) is 0 Å². The van der Waals surface area contributed by atoms with Crippen LogP contribution < -0.4 is 10.5 Å².